The summed E-state index contributed by atoms with van der Waals surface area (Å²) in [7, 11) is 1.63. The van der Waals surface area contributed by atoms with Gasteiger partial charge >= 0.3 is 0 Å². The zero-order valence-electron chi connectivity index (χ0n) is 10.8. The zero-order chi connectivity index (χ0) is 12.5. The summed E-state index contributed by atoms with van der Waals surface area (Å²) in [5.41, 5.74) is 0.758. The van der Waals surface area contributed by atoms with Gasteiger partial charge in [0.1, 0.15) is 5.75 Å². The molecule has 2 aliphatic heterocycles. The Hall–Kier alpha value is -1.51. The van der Waals surface area contributed by atoms with Crippen LogP contribution in [-0.2, 0) is 0 Å². The first kappa shape index (κ1) is 11.6. The summed E-state index contributed by atoms with van der Waals surface area (Å²) in [5, 5.41) is 0. The van der Waals surface area contributed by atoms with Gasteiger partial charge in [-0.1, -0.05) is 6.07 Å². The van der Waals surface area contributed by atoms with Crippen LogP contribution in [0.3, 0.4) is 0 Å². The van der Waals surface area contributed by atoms with Crippen molar-refractivity contribution in [2.45, 2.75) is 44.2 Å². The monoisotopic (exact) mass is 245 g/mol. The van der Waals surface area contributed by atoms with Crippen LogP contribution in [0.15, 0.2) is 24.3 Å². The number of piperidine rings is 1. The number of methoxy groups -OCH3 is 1. The molecule has 1 aromatic rings. The summed E-state index contributed by atoms with van der Waals surface area (Å²) in [5.74, 6) is 0.936. The molecule has 2 saturated heterocycles. The minimum Gasteiger partial charge on any atom is -0.497 e. The molecular formula is C15H19NO2. The first-order valence-corrected chi connectivity index (χ1v) is 6.76. The number of rotatable bonds is 2. The summed E-state index contributed by atoms with van der Waals surface area (Å²) in [6, 6.07) is 8.44. The molecule has 0 spiro atoms. The number of carbonyl (C=O) groups excluding carboxylic acids is 1. The molecule has 2 unspecified atom stereocenters. The third kappa shape index (κ3) is 1.88. The van der Waals surface area contributed by atoms with E-state index < -0.39 is 0 Å². The smallest absolute Gasteiger partial charge is 0.254 e. The second-order valence-electron chi connectivity index (χ2n) is 5.26. The largest absolute Gasteiger partial charge is 0.497 e. The minimum atomic E-state index is 0.182. The second-order valence-corrected chi connectivity index (χ2v) is 5.26. The molecule has 96 valence electrons. The van der Waals surface area contributed by atoms with Crippen LogP contribution in [0.25, 0.3) is 0 Å². The second kappa shape index (κ2) is 4.63. The van der Waals surface area contributed by atoms with Crippen LogP contribution in [0, 0.1) is 0 Å². The maximum Gasteiger partial charge on any atom is 0.254 e. The molecule has 2 bridgehead atoms. The van der Waals surface area contributed by atoms with E-state index in [0.717, 1.165) is 11.3 Å². The van der Waals surface area contributed by atoms with Gasteiger partial charge in [0.25, 0.3) is 5.91 Å². The molecule has 1 aromatic carbocycles. The van der Waals surface area contributed by atoms with Crippen LogP contribution in [0.1, 0.15) is 42.5 Å². The summed E-state index contributed by atoms with van der Waals surface area (Å²) in [6.45, 7) is 0. The van der Waals surface area contributed by atoms with E-state index in [-0.39, 0.29) is 5.91 Å². The lowest BCUT2D eigenvalue weighted by molar-refractivity contribution is 0.0595. The number of carbonyl (C=O) groups is 1. The molecule has 2 fully saturated rings. The van der Waals surface area contributed by atoms with Crippen molar-refractivity contribution in [3.63, 3.8) is 0 Å². The minimum absolute atomic E-state index is 0.182. The topological polar surface area (TPSA) is 29.5 Å². The molecular weight excluding hydrogens is 226 g/mol. The highest BCUT2D eigenvalue weighted by molar-refractivity contribution is 5.95. The Morgan fingerprint density at radius 2 is 1.94 bits per heavy atom. The standard InChI is InChI=1S/C15H19NO2/c1-18-14-7-2-4-11(10-14)15(17)16-12-5-3-6-13(16)9-8-12/h2,4,7,10,12-13H,3,5-6,8-9H2,1H3. The van der Waals surface area contributed by atoms with Gasteiger partial charge < -0.3 is 9.64 Å². The average molecular weight is 245 g/mol. The fourth-order valence-corrected chi connectivity index (χ4v) is 3.35. The molecule has 2 aliphatic rings. The molecule has 3 nitrogen and oxygen atoms in total. The number of fused-ring (bicyclic) bond motifs is 2. The lowest BCUT2D eigenvalue weighted by atomic mass is 10.0. The van der Waals surface area contributed by atoms with Crippen molar-refractivity contribution in [2.24, 2.45) is 0 Å². The number of nitrogens with zero attached hydrogens (tertiary/aromatic N) is 1. The van der Waals surface area contributed by atoms with Crippen molar-refractivity contribution in [3.05, 3.63) is 29.8 Å². The fraction of sp³-hybridized carbons (Fsp3) is 0.533. The number of benzene rings is 1. The van der Waals surface area contributed by atoms with E-state index in [1.54, 1.807) is 7.11 Å². The van der Waals surface area contributed by atoms with Gasteiger partial charge in [-0.05, 0) is 50.3 Å². The Labute approximate surface area is 108 Å². The predicted molar refractivity (Wildman–Crippen MR) is 69.8 cm³/mol. The summed E-state index contributed by atoms with van der Waals surface area (Å²) in [4.78, 5) is 14.7. The summed E-state index contributed by atoms with van der Waals surface area (Å²) in [6.07, 6.45) is 5.98. The van der Waals surface area contributed by atoms with Crippen molar-refractivity contribution in [2.75, 3.05) is 7.11 Å². The average Bonchev–Trinajstić information content (AvgIpc) is 2.67. The third-order valence-corrected chi connectivity index (χ3v) is 4.25. The van der Waals surface area contributed by atoms with Crippen LogP contribution in [0.2, 0.25) is 0 Å². The van der Waals surface area contributed by atoms with Crippen molar-refractivity contribution in [1.82, 2.24) is 4.90 Å². The van der Waals surface area contributed by atoms with Gasteiger partial charge in [-0.2, -0.15) is 0 Å². The van der Waals surface area contributed by atoms with Crippen molar-refractivity contribution >= 4 is 5.91 Å². The van der Waals surface area contributed by atoms with E-state index in [0.29, 0.717) is 12.1 Å². The molecule has 3 rings (SSSR count). The lowest BCUT2D eigenvalue weighted by Crippen LogP contribution is -2.43. The molecule has 0 aromatic heterocycles. The van der Waals surface area contributed by atoms with Crippen molar-refractivity contribution in [3.8, 4) is 5.75 Å². The third-order valence-electron chi connectivity index (χ3n) is 4.25. The highest BCUT2D eigenvalue weighted by Gasteiger charge is 2.39. The van der Waals surface area contributed by atoms with Gasteiger partial charge in [-0.15, -0.1) is 0 Å². The highest BCUT2D eigenvalue weighted by Crippen LogP contribution is 2.36. The van der Waals surface area contributed by atoms with Crippen LogP contribution >= 0.6 is 0 Å². The Kier molecular flexibility index (Phi) is 2.98. The summed E-state index contributed by atoms with van der Waals surface area (Å²) < 4.78 is 5.19. The molecule has 0 radical (unpaired) electrons. The van der Waals surface area contributed by atoms with Gasteiger partial charge in [0.15, 0.2) is 0 Å². The molecule has 18 heavy (non-hydrogen) atoms. The molecule has 3 heteroatoms. The van der Waals surface area contributed by atoms with Crippen LogP contribution < -0.4 is 4.74 Å². The van der Waals surface area contributed by atoms with Gasteiger partial charge in [-0.25, -0.2) is 0 Å². The van der Waals surface area contributed by atoms with E-state index >= 15 is 0 Å². The SMILES string of the molecule is COc1cccc(C(=O)N2C3CCCC2CC3)c1. The van der Waals surface area contributed by atoms with E-state index in [1.165, 1.54) is 32.1 Å². The first-order chi connectivity index (χ1) is 8.79. The van der Waals surface area contributed by atoms with E-state index in [4.69, 9.17) is 4.74 Å². The predicted octanol–water partition coefficient (Wildman–Crippen LogP) is 2.85. The van der Waals surface area contributed by atoms with Crippen LogP contribution in [-0.4, -0.2) is 30.0 Å². The van der Waals surface area contributed by atoms with Crippen LogP contribution in [0.5, 0.6) is 5.75 Å². The molecule has 0 aliphatic carbocycles. The number of hydrogen-bond donors (Lipinski definition) is 0. The van der Waals surface area contributed by atoms with Gasteiger partial charge in [0.2, 0.25) is 0 Å². The maximum atomic E-state index is 12.6. The first-order valence-electron chi connectivity index (χ1n) is 6.76. The molecule has 2 heterocycles. The van der Waals surface area contributed by atoms with Gasteiger partial charge in [0, 0.05) is 17.6 Å². The quantitative estimate of drug-likeness (QED) is 0.802. The Morgan fingerprint density at radius 1 is 1.22 bits per heavy atom. The van der Waals surface area contributed by atoms with E-state index in [9.17, 15) is 4.79 Å². The van der Waals surface area contributed by atoms with Gasteiger partial charge in [0.05, 0.1) is 7.11 Å². The Morgan fingerprint density at radius 3 is 2.61 bits per heavy atom. The highest BCUT2D eigenvalue weighted by atomic mass is 16.5. The molecule has 0 saturated carbocycles. The normalized spacial score (nSPS) is 26.2. The van der Waals surface area contributed by atoms with E-state index in [1.807, 2.05) is 24.3 Å². The van der Waals surface area contributed by atoms with Crippen molar-refractivity contribution in [1.29, 1.82) is 0 Å². The van der Waals surface area contributed by atoms with Gasteiger partial charge in [-0.3, -0.25) is 4.79 Å². The molecule has 2 atom stereocenters. The Bertz CT molecular complexity index is 442. The fourth-order valence-electron chi connectivity index (χ4n) is 3.35. The lowest BCUT2D eigenvalue weighted by Gasteiger charge is -2.34. The zero-order valence-corrected chi connectivity index (χ0v) is 10.8. The summed E-state index contributed by atoms with van der Waals surface area (Å²) >= 11 is 0. The maximum absolute atomic E-state index is 12.6. The Balaban J connectivity index is 1.85. The molecule has 0 N–H and O–H groups in total. The number of amides is 1. The number of hydrogen-bond acceptors (Lipinski definition) is 2. The van der Waals surface area contributed by atoms with Crippen LogP contribution in [0.4, 0.5) is 0 Å². The van der Waals surface area contributed by atoms with E-state index in [2.05, 4.69) is 4.90 Å². The van der Waals surface area contributed by atoms with Crippen molar-refractivity contribution < 1.29 is 9.53 Å². The number of ether oxygens (including phenoxy) is 1. The molecule has 1 amide bonds.